The number of anilines is 1. The largest absolute Gasteiger partial charge is 0.322 e. The zero-order valence-electron chi connectivity index (χ0n) is 12.3. The highest BCUT2D eigenvalue weighted by Gasteiger charge is 2.08. The number of hydrogen-bond donors (Lipinski definition) is 2. The van der Waals surface area contributed by atoms with E-state index in [4.69, 9.17) is 23.2 Å². The Kier molecular flexibility index (Phi) is 9.92. The van der Waals surface area contributed by atoms with E-state index >= 15 is 0 Å². The summed E-state index contributed by atoms with van der Waals surface area (Å²) in [7, 11) is 0. The van der Waals surface area contributed by atoms with Crippen molar-refractivity contribution < 1.29 is 4.79 Å². The second kappa shape index (κ2) is 11.2. The molecule has 0 aliphatic rings. The van der Waals surface area contributed by atoms with E-state index in [9.17, 15) is 4.79 Å². The Bertz CT molecular complexity index is 423. The number of hydrogen-bond acceptors (Lipinski definition) is 3. The molecule has 0 heterocycles. The molecule has 0 saturated carbocycles. The molecule has 6 heteroatoms. The van der Waals surface area contributed by atoms with Crippen molar-refractivity contribution >= 4 is 46.6 Å². The first-order chi connectivity index (χ1) is 10.1. The molecule has 3 nitrogen and oxygen atoms in total. The van der Waals surface area contributed by atoms with Gasteiger partial charge in [-0.3, -0.25) is 4.79 Å². The highest BCUT2D eigenvalue weighted by Crippen LogP contribution is 2.29. The Morgan fingerprint density at radius 1 is 1.14 bits per heavy atom. The number of carbonyl (C=O) groups excluding carboxylic acids is 1. The quantitative estimate of drug-likeness (QED) is 0.614. The normalized spacial score (nSPS) is 10.6. The van der Waals surface area contributed by atoms with Gasteiger partial charge < -0.3 is 10.6 Å². The van der Waals surface area contributed by atoms with Gasteiger partial charge in [0.15, 0.2) is 0 Å². The van der Waals surface area contributed by atoms with Gasteiger partial charge in [0, 0.05) is 0 Å². The van der Waals surface area contributed by atoms with Crippen LogP contribution in [0.5, 0.6) is 0 Å². The Hall–Kier alpha value is -0.420. The third-order valence-electron chi connectivity index (χ3n) is 2.96. The van der Waals surface area contributed by atoms with E-state index in [1.54, 1.807) is 18.2 Å². The molecule has 0 fully saturated rings. The van der Waals surface area contributed by atoms with Crippen LogP contribution in [0.1, 0.15) is 25.7 Å². The molecule has 0 bridgehead atoms. The molecular weight excluding hydrogens is 327 g/mol. The molecule has 0 unspecified atom stereocenters. The summed E-state index contributed by atoms with van der Waals surface area (Å²) >= 11 is 13.9. The van der Waals surface area contributed by atoms with Crippen LogP contribution in [0.25, 0.3) is 0 Å². The Morgan fingerprint density at radius 2 is 1.81 bits per heavy atom. The first-order valence-corrected chi connectivity index (χ1v) is 9.23. The summed E-state index contributed by atoms with van der Waals surface area (Å²) in [5.41, 5.74) is 0.477. The number of para-hydroxylation sites is 1. The minimum Gasteiger partial charge on any atom is -0.322 e. The molecule has 0 aliphatic heterocycles. The van der Waals surface area contributed by atoms with Gasteiger partial charge in [-0.25, -0.2) is 0 Å². The van der Waals surface area contributed by atoms with Gasteiger partial charge in [0.25, 0.3) is 0 Å². The van der Waals surface area contributed by atoms with E-state index in [1.165, 1.54) is 25.0 Å². The van der Waals surface area contributed by atoms with E-state index in [0.717, 1.165) is 13.0 Å². The second-order valence-corrected chi connectivity index (χ2v) is 6.53. The van der Waals surface area contributed by atoms with Crippen LogP contribution in [0.4, 0.5) is 5.69 Å². The molecule has 21 heavy (non-hydrogen) atoms. The zero-order valence-corrected chi connectivity index (χ0v) is 14.6. The first-order valence-electron chi connectivity index (χ1n) is 7.08. The van der Waals surface area contributed by atoms with Crippen molar-refractivity contribution in [1.82, 2.24) is 5.32 Å². The number of carbonyl (C=O) groups is 1. The van der Waals surface area contributed by atoms with Crippen molar-refractivity contribution in [2.45, 2.75) is 25.7 Å². The van der Waals surface area contributed by atoms with E-state index in [-0.39, 0.29) is 12.5 Å². The van der Waals surface area contributed by atoms with Crippen molar-refractivity contribution in [2.24, 2.45) is 0 Å². The van der Waals surface area contributed by atoms with Gasteiger partial charge in [-0.2, -0.15) is 11.8 Å². The average Bonchev–Trinajstić information content (AvgIpc) is 2.46. The molecule has 2 N–H and O–H groups in total. The summed E-state index contributed by atoms with van der Waals surface area (Å²) in [6.45, 7) is 1.12. The van der Waals surface area contributed by atoms with Crippen LogP contribution in [0.3, 0.4) is 0 Å². The highest BCUT2D eigenvalue weighted by molar-refractivity contribution is 7.98. The van der Waals surface area contributed by atoms with Gasteiger partial charge in [-0.1, -0.05) is 42.1 Å². The molecule has 1 aromatic rings. The molecule has 0 aliphatic carbocycles. The van der Waals surface area contributed by atoms with E-state index < -0.39 is 0 Å². The van der Waals surface area contributed by atoms with E-state index in [0.29, 0.717) is 15.7 Å². The van der Waals surface area contributed by atoms with Crippen molar-refractivity contribution in [1.29, 1.82) is 0 Å². The first kappa shape index (κ1) is 18.6. The molecular formula is C15H22Cl2N2OS. The van der Waals surface area contributed by atoms with Crippen molar-refractivity contribution in [3.05, 3.63) is 28.2 Å². The van der Waals surface area contributed by atoms with Gasteiger partial charge in [0.05, 0.1) is 22.3 Å². The Morgan fingerprint density at radius 3 is 2.48 bits per heavy atom. The SMILES string of the molecule is CSCCCCCCNCC(=O)Nc1c(Cl)cccc1Cl. The molecule has 0 saturated heterocycles. The number of amides is 1. The molecule has 0 spiro atoms. The summed E-state index contributed by atoms with van der Waals surface area (Å²) in [5.74, 6) is 1.10. The van der Waals surface area contributed by atoms with E-state index in [2.05, 4.69) is 16.9 Å². The molecule has 0 aromatic heterocycles. The van der Waals surface area contributed by atoms with Gasteiger partial charge in [0.1, 0.15) is 0 Å². The molecule has 118 valence electrons. The average molecular weight is 349 g/mol. The lowest BCUT2D eigenvalue weighted by Crippen LogP contribution is -2.29. The van der Waals surface area contributed by atoms with Crippen LogP contribution >= 0.6 is 35.0 Å². The number of thioether (sulfide) groups is 1. The summed E-state index contributed by atoms with van der Waals surface area (Å²) < 4.78 is 0. The van der Waals surface area contributed by atoms with Crippen LogP contribution in [0.2, 0.25) is 10.0 Å². The topological polar surface area (TPSA) is 41.1 Å². The third kappa shape index (κ3) is 7.96. The zero-order chi connectivity index (χ0) is 15.5. The number of halogens is 2. The standard InChI is InChI=1S/C15H22Cl2N2OS/c1-21-10-5-3-2-4-9-18-11-14(20)19-15-12(16)7-6-8-13(15)17/h6-8,18H,2-5,9-11H2,1H3,(H,19,20). The maximum atomic E-state index is 11.8. The smallest absolute Gasteiger partial charge is 0.238 e. The monoisotopic (exact) mass is 348 g/mol. The minimum atomic E-state index is -0.132. The number of unbranched alkanes of at least 4 members (excludes halogenated alkanes) is 3. The predicted molar refractivity (Wildman–Crippen MR) is 94.8 cm³/mol. The minimum absolute atomic E-state index is 0.132. The fraction of sp³-hybridized carbons (Fsp3) is 0.533. The Labute approximate surface area is 141 Å². The number of benzene rings is 1. The molecule has 1 rings (SSSR count). The molecule has 0 radical (unpaired) electrons. The Balaban J connectivity index is 2.14. The molecule has 1 aromatic carbocycles. The summed E-state index contributed by atoms with van der Waals surface area (Å²) in [6, 6.07) is 5.14. The van der Waals surface area contributed by atoms with Crippen molar-refractivity contribution in [2.75, 3.05) is 30.4 Å². The summed E-state index contributed by atoms with van der Waals surface area (Å²) in [5, 5.41) is 6.76. The van der Waals surface area contributed by atoms with Crippen LogP contribution in [0, 0.1) is 0 Å². The van der Waals surface area contributed by atoms with Gasteiger partial charge >= 0.3 is 0 Å². The number of rotatable bonds is 10. The summed E-state index contributed by atoms with van der Waals surface area (Å²) in [4.78, 5) is 11.8. The number of nitrogens with one attached hydrogen (secondary N) is 2. The van der Waals surface area contributed by atoms with E-state index in [1.807, 2.05) is 11.8 Å². The van der Waals surface area contributed by atoms with Gasteiger partial charge in [-0.15, -0.1) is 0 Å². The summed E-state index contributed by atoms with van der Waals surface area (Å²) in [6.07, 6.45) is 6.95. The van der Waals surface area contributed by atoms with Crippen LogP contribution in [-0.2, 0) is 4.79 Å². The lowest BCUT2D eigenvalue weighted by atomic mass is 10.2. The maximum Gasteiger partial charge on any atom is 0.238 e. The molecule has 0 atom stereocenters. The second-order valence-electron chi connectivity index (χ2n) is 4.73. The highest BCUT2D eigenvalue weighted by atomic mass is 35.5. The van der Waals surface area contributed by atoms with Crippen LogP contribution < -0.4 is 10.6 Å². The predicted octanol–water partition coefficient (Wildman–Crippen LogP) is 4.44. The maximum absolute atomic E-state index is 11.8. The van der Waals surface area contributed by atoms with Gasteiger partial charge in [0.2, 0.25) is 5.91 Å². The lowest BCUT2D eigenvalue weighted by Gasteiger charge is -2.09. The van der Waals surface area contributed by atoms with Crippen molar-refractivity contribution in [3.8, 4) is 0 Å². The van der Waals surface area contributed by atoms with Crippen LogP contribution in [-0.4, -0.2) is 31.0 Å². The third-order valence-corrected chi connectivity index (χ3v) is 4.29. The molecule has 1 amide bonds. The lowest BCUT2D eigenvalue weighted by molar-refractivity contribution is -0.115. The fourth-order valence-electron chi connectivity index (χ4n) is 1.85. The fourth-order valence-corrected chi connectivity index (χ4v) is 2.84. The van der Waals surface area contributed by atoms with Gasteiger partial charge in [-0.05, 0) is 43.5 Å². The van der Waals surface area contributed by atoms with Crippen LogP contribution in [0.15, 0.2) is 18.2 Å². The van der Waals surface area contributed by atoms with Crippen molar-refractivity contribution in [3.63, 3.8) is 0 Å².